The van der Waals surface area contributed by atoms with E-state index in [2.05, 4.69) is 22.0 Å². The van der Waals surface area contributed by atoms with Gasteiger partial charge in [-0.25, -0.2) is 9.37 Å². The van der Waals surface area contributed by atoms with E-state index in [-0.39, 0.29) is 24.8 Å². The molecule has 1 aliphatic heterocycles. The van der Waals surface area contributed by atoms with Crippen molar-refractivity contribution in [2.75, 3.05) is 32.9 Å². The lowest BCUT2D eigenvalue weighted by Gasteiger charge is -2.26. The summed E-state index contributed by atoms with van der Waals surface area (Å²) in [4.78, 5) is 19.1. The molecule has 0 amide bonds. The van der Waals surface area contributed by atoms with Gasteiger partial charge in [-0.1, -0.05) is 24.3 Å². The minimum absolute atomic E-state index is 0.0411. The molecule has 180 valence electrons. The molecular weight excluding hydrogens is 435 g/mol. The van der Waals surface area contributed by atoms with E-state index in [0.29, 0.717) is 30.2 Å². The number of aromatic nitrogens is 1. The molecule has 0 unspecified atom stereocenters. The van der Waals surface area contributed by atoms with Gasteiger partial charge < -0.3 is 13.9 Å². The summed E-state index contributed by atoms with van der Waals surface area (Å²) in [6, 6.07) is 14.6. The van der Waals surface area contributed by atoms with Gasteiger partial charge in [0.15, 0.2) is 5.78 Å². The van der Waals surface area contributed by atoms with E-state index in [1.54, 1.807) is 12.1 Å². The molecule has 0 saturated carbocycles. The minimum atomic E-state index is -0.250. The molecule has 0 atom stereocenters. The molecule has 3 aromatic rings. The normalized spacial score (nSPS) is 14.4. The maximum absolute atomic E-state index is 13.0. The number of hydrogen-bond donors (Lipinski definition) is 0. The molecule has 1 fully saturated rings. The van der Waals surface area contributed by atoms with Crippen LogP contribution in [0, 0.1) is 12.7 Å². The summed E-state index contributed by atoms with van der Waals surface area (Å²) >= 11 is 0. The molecule has 6 nitrogen and oxygen atoms in total. The molecule has 34 heavy (non-hydrogen) atoms. The topological polar surface area (TPSA) is 64.8 Å². The zero-order valence-electron chi connectivity index (χ0n) is 19.6. The van der Waals surface area contributed by atoms with Crippen molar-refractivity contribution in [3.8, 4) is 11.5 Å². The van der Waals surface area contributed by atoms with Crippen molar-refractivity contribution < 1.29 is 23.1 Å². The van der Waals surface area contributed by atoms with E-state index in [1.165, 1.54) is 17.7 Å². The summed E-state index contributed by atoms with van der Waals surface area (Å²) in [7, 11) is 0. The van der Waals surface area contributed by atoms with Crippen molar-refractivity contribution in [3.05, 3.63) is 76.9 Å². The number of carbonyl (C=O) groups excluding carboxylic acids is 1. The number of Topliss-reactive ketones (excluding diaryl/α,β-unsaturated/α-hetero) is 1. The molecule has 0 spiro atoms. The average Bonchev–Trinajstić information content (AvgIpc) is 3.22. The average molecular weight is 467 g/mol. The lowest BCUT2D eigenvalue weighted by molar-refractivity contribution is -0.124. The fourth-order valence-corrected chi connectivity index (χ4v) is 3.93. The van der Waals surface area contributed by atoms with Crippen molar-refractivity contribution in [3.63, 3.8) is 0 Å². The number of aryl methyl sites for hydroxylation is 2. The number of carbonyl (C=O) groups is 1. The fourth-order valence-electron chi connectivity index (χ4n) is 3.93. The van der Waals surface area contributed by atoms with Gasteiger partial charge in [0, 0.05) is 31.6 Å². The summed E-state index contributed by atoms with van der Waals surface area (Å²) in [5.74, 6) is 1.04. The number of halogens is 1. The highest BCUT2D eigenvalue weighted by atomic mass is 19.1. The van der Waals surface area contributed by atoms with Crippen LogP contribution in [0.15, 0.2) is 52.9 Å². The SMILES string of the molecule is Cc1oc(-c2ccc(CN3CCOCC3)cc2)nc1COCC(=O)CCCc1ccc(F)cc1. The van der Waals surface area contributed by atoms with E-state index >= 15 is 0 Å². The highest BCUT2D eigenvalue weighted by Gasteiger charge is 2.14. The third kappa shape index (κ3) is 7.06. The first kappa shape index (κ1) is 24.3. The van der Waals surface area contributed by atoms with Crippen LogP contribution in [0.5, 0.6) is 0 Å². The maximum Gasteiger partial charge on any atom is 0.226 e. The Balaban J connectivity index is 1.21. The number of benzene rings is 2. The predicted octanol–water partition coefficient (Wildman–Crippen LogP) is 4.73. The van der Waals surface area contributed by atoms with Gasteiger partial charge >= 0.3 is 0 Å². The van der Waals surface area contributed by atoms with E-state index in [9.17, 15) is 9.18 Å². The fraction of sp³-hybridized carbons (Fsp3) is 0.407. The Bertz CT molecular complexity index is 1060. The second-order valence-electron chi connectivity index (χ2n) is 8.62. The molecule has 2 aromatic carbocycles. The third-order valence-corrected chi connectivity index (χ3v) is 5.94. The van der Waals surface area contributed by atoms with Gasteiger partial charge in [-0.2, -0.15) is 0 Å². The van der Waals surface area contributed by atoms with Crippen LogP contribution in [0.3, 0.4) is 0 Å². The first-order valence-corrected chi connectivity index (χ1v) is 11.8. The zero-order chi connectivity index (χ0) is 23.8. The molecular formula is C27H31FN2O4. The molecule has 0 bridgehead atoms. The highest BCUT2D eigenvalue weighted by Crippen LogP contribution is 2.23. The standard InChI is InChI=1S/C27H31FN2O4/c1-20-26(19-33-18-25(31)4-2-3-21-7-11-24(28)12-8-21)29-27(34-20)23-9-5-22(6-10-23)17-30-13-15-32-16-14-30/h5-12H,2-4,13-19H2,1H3. The Morgan fingerprint density at radius 2 is 1.76 bits per heavy atom. The van der Waals surface area contributed by atoms with Crippen LogP contribution in [0.2, 0.25) is 0 Å². The van der Waals surface area contributed by atoms with Crippen LogP contribution in [0.1, 0.15) is 35.4 Å². The van der Waals surface area contributed by atoms with Crippen LogP contribution in [-0.2, 0) is 33.8 Å². The smallest absolute Gasteiger partial charge is 0.226 e. The van der Waals surface area contributed by atoms with Gasteiger partial charge in [-0.15, -0.1) is 0 Å². The van der Waals surface area contributed by atoms with Crippen molar-refractivity contribution in [2.24, 2.45) is 0 Å². The monoisotopic (exact) mass is 466 g/mol. The Labute approximate surface area is 199 Å². The first-order chi connectivity index (χ1) is 16.6. The van der Waals surface area contributed by atoms with E-state index in [4.69, 9.17) is 13.9 Å². The van der Waals surface area contributed by atoms with Crippen LogP contribution in [0.4, 0.5) is 4.39 Å². The second kappa shape index (κ2) is 12.0. The van der Waals surface area contributed by atoms with Gasteiger partial charge in [0.25, 0.3) is 0 Å². The maximum atomic E-state index is 13.0. The lowest BCUT2D eigenvalue weighted by atomic mass is 10.1. The molecule has 1 aliphatic rings. The van der Waals surface area contributed by atoms with E-state index < -0.39 is 0 Å². The minimum Gasteiger partial charge on any atom is -0.441 e. The number of oxazole rings is 1. The Morgan fingerprint density at radius 3 is 2.50 bits per heavy atom. The van der Waals surface area contributed by atoms with Gasteiger partial charge in [0.1, 0.15) is 23.9 Å². The third-order valence-electron chi connectivity index (χ3n) is 5.94. The number of rotatable bonds is 11. The number of morpholine rings is 1. The lowest BCUT2D eigenvalue weighted by Crippen LogP contribution is -2.35. The van der Waals surface area contributed by atoms with Crippen molar-refractivity contribution in [1.82, 2.24) is 9.88 Å². The van der Waals surface area contributed by atoms with Crippen molar-refractivity contribution in [2.45, 2.75) is 39.3 Å². The molecule has 2 heterocycles. The Kier molecular flexibility index (Phi) is 8.57. The number of ether oxygens (including phenoxy) is 2. The van der Waals surface area contributed by atoms with E-state index in [1.807, 2.05) is 19.1 Å². The van der Waals surface area contributed by atoms with Crippen LogP contribution in [0.25, 0.3) is 11.5 Å². The van der Waals surface area contributed by atoms with Gasteiger partial charge in [0.2, 0.25) is 5.89 Å². The van der Waals surface area contributed by atoms with Gasteiger partial charge in [0.05, 0.1) is 19.8 Å². The van der Waals surface area contributed by atoms with Crippen LogP contribution >= 0.6 is 0 Å². The molecule has 1 saturated heterocycles. The van der Waals surface area contributed by atoms with Crippen molar-refractivity contribution in [1.29, 1.82) is 0 Å². The molecule has 0 N–H and O–H groups in total. The Hall–Kier alpha value is -2.87. The largest absolute Gasteiger partial charge is 0.441 e. The summed E-state index contributed by atoms with van der Waals surface area (Å²) in [6.45, 7) is 6.54. The summed E-state index contributed by atoms with van der Waals surface area (Å²) in [5.41, 5.74) is 3.88. The summed E-state index contributed by atoms with van der Waals surface area (Å²) in [6.07, 6.45) is 1.88. The molecule has 0 radical (unpaired) electrons. The highest BCUT2D eigenvalue weighted by molar-refractivity contribution is 5.79. The summed E-state index contributed by atoms with van der Waals surface area (Å²) < 4.78 is 29.8. The van der Waals surface area contributed by atoms with Gasteiger partial charge in [-0.3, -0.25) is 9.69 Å². The molecule has 7 heteroatoms. The van der Waals surface area contributed by atoms with Gasteiger partial charge in [-0.05, 0) is 55.2 Å². The zero-order valence-corrected chi connectivity index (χ0v) is 19.6. The van der Waals surface area contributed by atoms with E-state index in [0.717, 1.165) is 50.4 Å². The number of ketones is 1. The van der Waals surface area contributed by atoms with Crippen molar-refractivity contribution >= 4 is 5.78 Å². The number of hydrogen-bond acceptors (Lipinski definition) is 6. The molecule has 0 aliphatic carbocycles. The molecule has 4 rings (SSSR count). The summed E-state index contributed by atoms with van der Waals surface area (Å²) in [5, 5.41) is 0. The molecule has 1 aromatic heterocycles. The Morgan fingerprint density at radius 1 is 1.06 bits per heavy atom. The quantitative estimate of drug-likeness (QED) is 0.407. The van der Waals surface area contributed by atoms with Crippen LogP contribution < -0.4 is 0 Å². The predicted molar refractivity (Wildman–Crippen MR) is 127 cm³/mol. The number of nitrogens with zero attached hydrogens (tertiary/aromatic N) is 2. The first-order valence-electron chi connectivity index (χ1n) is 11.8. The van der Waals surface area contributed by atoms with Crippen LogP contribution in [-0.4, -0.2) is 48.6 Å². The second-order valence-corrected chi connectivity index (χ2v) is 8.62.